The molecule has 0 aromatic heterocycles. The summed E-state index contributed by atoms with van der Waals surface area (Å²) in [5.74, 6) is -0.550. The summed E-state index contributed by atoms with van der Waals surface area (Å²) < 4.78 is 4.95. The van der Waals surface area contributed by atoms with Crippen LogP contribution in [0.5, 0.6) is 0 Å². The zero-order chi connectivity index (χ0) is 12.9. The van der Waals surface area contributed by atoms with Gasteiger partial charge in [-0.25, -0.2) is 0 Å². The predicted molar refractivity (Wildman–Crippen MR) is 63.0 cm³/mol. The van der Waals surface area contributed by atoms with Crippen LogP contribution in [0.2, 0.25) is 0 Å². The zero-order valence-corrected chi connectivity index (χ0v) is 10.2. The van der Waals surface area contributed by atoms with Crippen LogP contribution in [0.1, 0.15) is 26.2 Å². The summed E-state index contributed by atoms with van der Waals surface area (Å²) in [5, 5.41) is 2.77. The first-order valence-corrected chi connectivity index (χ1v) is 5.87. The maximum absolute atomic E-state index is 11.9. The molecule has 6 heteroatoms. The molecule has 1 aliphatic carbocycles. The van der Waals surface area contributed by atoms with Gasteiger partial charge >= 0.3 is 0 Å². The topological polar surface area (TPSA) is 107 Å². The van der Waals surface area contributed by atoms with Crippen molar-refractivity contribution in [1.82, 2.24) is 5.32 Å². The minimum atomic E-state index is -0.513. The Morgan fingerprint density at radius 3 is 2.76 bits per heavy atom. The van der Waals surface area contributed by atoms with Gasteiger partial charge in [-0.1, -0.05) is 6.42 Å². The number of primary amides is 1. The van der Waals surface area contributed by atoms with Gasteiger partial charge in [0.25, 0.3) is 0 Å². The van der Waals surface area contributed by atoms with Gasteiger partial charge in [-0.3, -0.25) is 9.59 Å². The molecule has 0 saturated heterocycles. The fourth-order valence-corrected chi connectivity index (χ4v) is 2.09. The number of ether oxygens (including phenoxy) is 1. The molecule has 17 heavy (non-hydrogen) atoms. The number of hydrogen-bond donors (Lipinski definition) is 3. The van der Waals surface area contributed by atoms with Crippen LogP contribution < -0.4 is 16.8 Å². The van der Waals surface area contributed by atoms with Crippen LogP contribution in [0.3, 0.4) is 0 Å². The molecule has 0 aromatic rings. The van der Waals surface area contributed by atoms with E-state index >= 15 is 0 Å². The summed E-state index contributed by atoms with van der Waals surface area (Å²) >= 11 is 0. The van der Waals surface area contributed by atoms with E-state index in [0.29, 0.717) is 6.54 Å². The van der Waals surface area contributed by atoms with Gasteiger partial charge in [-0.2, -0.15) is 0 Å². The Kier molecular flexibility index (Phi) is 4.89. The summed E-state index contributed by atoms with van der Waals surface area (Å²) in [7, 11) is 0. The molecule has 0 radical (unpaired) electrons. The Bertz CT molecular complexity index is 296. The average Bonchev–Trinajstić information content (AvgIpc) is 2.59. The minimum absolute atomic E-state index is 0.0369. The second-order valence-electron chi connectivity index (χ2n) is 4.69. The SMILES string of the molecule is CC1(C(=O)NCCOCC(N)=O)CCCC1N. The van der Waals surface area contributed by atoms with E-state index in [4.69, 9.17) is 16.2 Å². The van der Waals surface area contributed by atoms with E-state index < -0.39 is 11.3 Å². The molecular formula is C11H21N3O3. The van der Waals surface area contributed by atoms with Crippen LogP contribution in [0.15, 0.2) is 0 Å². The molecule has 1 rings (SSSR count). The van der Waals surface area contributed by atoms with Crippen molar-refractivity contribution in [2.75, 3.05) is 19.8 Å². The lowest BCUT2D eigenvalue weighted by atomic mass is 9.84. The van der Waals surface area contributed by atoms with Crippen LogP contribution in [0, 0.1) is 5.41 Å². The van der Waals surface area contributed by atoms with Crippen molar-refractivity contribution in [2.24, 2.45) is 16.9 Å². The lowest BCUT2D eigenvalue weighted by Crippen LogP contribution is -2.48. The fourth-order valence-electron chi connectivity index (χ4n) is 2.09. The third-order valence-corrected chi connectivity index (χ3v) is 3.32. The normalized spacial score (nSPS) is 28.0. The van der Waals surface area contributed by atoms with Crippen molar-refractivity contribution >= 4 is 11.8 Å². The molecular weight excluding hydrogens is 222 g/mol. The Hall–Kier alpha value is -1.14. The Balaban J connectivity index is 2.23. The standard InChI is InChI=1S/C11H21N3O3/c1-11(4-2-3-8(11)12)10(16)14-5-6-17-7-9(13)15/h8H,2-7,12H2,1H3,(H2,13,15)(H,14,16). The Morgan fingerprint density at radius 2 is 2.24 bits per heavy atom. The van der Waals surface area contributed by atoms with E-state index in [-0.39, 0.29) is 25.2 Å². The van der Waals surface area contributed by atoms with E-state index in [1.807, 2.05) is 6.92 Å². The largest absolute Gasteiger partial charge is 0.370 e. The number of carbonyl (C=O) groups is 2. The molecule has 2 amide bonds. The lowest BCUT2D eigenvalue weighted by molar-refractivity contribution is -0.130. The second-order valence-corrected chi connectivity index (χ2v) is 4.69. The maximum atomic E-state index is 11.9. The minimum Gasteiger partial charge on any atom is -0.370 e. The first kappa shape index (κ1) is 13.9. The van der Waals surface area contributed by atoms with E-state index in [1.54, 1.807) is 0 Å². The lowest BCUT2D eigenvalue weighted by Gasteiger charge is -2.27. The third-order valence-electron chi connectivity index (χ3n) is 3.32. The number of carbonyl (C=O) groups excluding carboxylic acids is 2. The molecule has 0 aliphatic heterocycles. The first-order chi connectivity index (χ1) is 7.97. The van der Waals surface area contributed by atoms with E-state index in [1.165, 1.54) is 0 Å². The molecule has 0 heterocycles. The summed E-state index contributed by atoms with van der Waals surface area (Å²) in [6, 6.07) is -0.0750. The predicted octanol–water partition coefficient (Wildman–Crippen LogP) is -0.878. The van der Waals surface area contributed by atoms with Crippen molar-refractivity contribution in [2.45, 2.75) is 32.2 Å². The van der Waals surface area contributed by atoms with Crippen LogP contribution in [-0.4, -0.2) is 37.6 Å². The number of rotatable bonds is 6. The number of nitrogens with two attached hydrogens (primary N) is 2. The van der Waals surface area contributed by atoms with Gasteiger partial charge in [0, 0.05) is 12.6 Å². The number of nitrogens with one attached hydrogen (secondary N) is 1. The van der Waals surface area contributed by atoms with Gasteiger partial charge in [0.1, 0.15) is 6.61 Å². The highest BCUT2D eigenvalue weighted by Gasteiger charge is 2.42. The smallest absolute Gasteiger partial charge is 0.243 e. The van der Waals surface area contributed by atoms with Crippen molar-refractivity contribution in [3.8, 4) is 0 Å². The highest BCUT2D eigenvalue weighted by Crippen LogP contribution is 2.36. The van der Waals surface area contributed by atoms with Gasteiger partial charge in [0.2, 0.25) is 11.8 Å². The van der Waals surface area contributed by atoms with Crippen LogP contribution in [-0.2, 0) is 14.3 Å². The van der Waals surface area contributed by atoms with Gasteiger partial charge in [-0.05, 0) is 19.8 Å². The van der Waals surface area contributed by atoms with Gasteiger partial charge in [-0.15, -0.1) is 0 Å². The molecule has 1 fully saturated rings. The third kappa shape index (κ3) is 3.67. The molecule has 5 N–H and O–H groups in total. The Morgan fingerprint density at radius 1 is 1.53 bits per heavy atom. The first-order valence-electron chi connectivity index (χ1n) is 5.87. The molecule has 0 bridgehead atoms. The molecule has 98 valence electrons. The summed E-state index contributed by atoms with van der Waals surface area (Å²) in [5.41, 5.74) is 10.4. The van der Waals surface area contributed by atoms with Crippen molar-refractivity contribution < 1.29 is 14.3 Å². The summed E-state index contributed by atoms with van der Waals surface area (Å²) in [6.07, 6.45) is 2.70. The maximum Gasteiger partial charge on any atom is 0.243 e. The summed E-state index contributed by atoms with van der Waals surface area (Å²) in [6.45, 7) is 2.42. The van der Waals surface area contributed by atoms with Gasteiger partial charge < -0.3 is 21.5 Å². The molecule has 1 saturated carbocycles. The Labute approximate surface area is 101 Å². The van der Waals surface area contributed by atoms with E-state index in [2.05, 4.69) is 5.32 Å². The number of hydrogen-bond acceptors (Lipinski definition) is 4. The zero-order valence-electron chi connectivity index (χ0n) is 10.2. The van der Waals surface area contributed by atoms with E-state index in [9.17, 15) is 9.59 Å². The number of amides is 2. The van der Waals surface area contributed by atoms with E-state index in [0.717, 1.165) is 19.3 Å². The molecule has 2 unspecified atom stereocenters. The fraction of sp³-hybridized carbons (Fsp3) is 0.818. The molecule has 0 spiro atoms. The quantitative estimate of drug-likeness (QED) is 0.526. The van der Waals surface area contributed by atoms with Crippen LogP contribution in [0.4, 0.5) is 0 Å². The van der Waals surface area contributed by atoms with Crippen molar-refractivity contribution in [3.63, 3.8) is 0 Å². The highest BCUT2D eigenvalue weighted by atomic mass is 16.5. The van der Waals surface area contributed by atoms with Gasteiger partial charge in [0.05, 0.1) is 12.0 Å². The van der Waals surface area contributed by atoms with Crippen molar-refractivity contribution in [3.05, 3.63) is 0 Å². The van der Waals surface area contributed by atoms with Gasteiger partial charge in [0.15, 0.2) is 0 Å². The molecule has 6 nitrogen and oxygen atoms in total. The highest BCUT2D eigenvalue weighted by molar-refractivity contribution is 5.83. The molecule has 2 atom stereocenters. The summed E-state index contributed by atoms with van der Waals surface area (Å²) in [4.78, 5) is 22.3. The van der Waals surface area contributed by atoms with Crippen LogP contribution >= 0.6 is 0 Å². The molecule has 0 aromatic carbocycles. The van der Waals surface area contributed by atoms with Crippen LogP contribution in [0.25, 0.3) is 0 Å². The average molecular weight is 243 g/mol. The second kappa shape index (κ2) is 5.97. The van der Waals surface area contributed by atoms with Crippen molar-refractivity contribution in [1.29, 1.82) is 0 Å². The monoisotopic (exact) mass is 243 g/mol. The molecule has 1 aliphatic rings.